The molecule has 0 radical (unpaired) electrons. The molecule has 22 heavy (non-hydrogen) atoms. The maximum Gasteiger partial charge on any atom is 0.226 e. The van der Waals surface area contributed by atoms with E-state index < -0.39 is 0 Å². The van der Waals surface area contributed by atoms with Crippen molar-refractivity contribution in [3.8, 4) is 11.5 Å². The first kappa shape index (κ1) is 16.3. The fourth-order valence-electron chi connectivity index (χ4n) is 2.29. The number of oxazole rings is 1. The van der Waals surface area contributed by atoms with Gasteiger partial charge in [0, 0.05) is 24.9 Å². The third kappa shape index (κ3) is 4.72. The molecule has 0 unspecified atom stereocenters. The Morgan fingerprint density at radius 2 is 2.00 bits per heavy atom. The van der Waals surface area contributed by atoms with Crippen LogP contribution >= 0.6 is 0 Å². The van der Waals surface area contributed by atoms with Crippen LogP contribution in [0.25, 0.3) is 11.5 Å². The number of aromatic nitrogens is 1. The van der Waals surface area contributed by atoms with Crippen LogP contribution in [0.4, 0.5) is 0 Å². The summed E-state index contributed by atoms with van der Waals surface area (Å²) in [7, 11) is 0. The molecule has 0 saturated carbocycles. The molecular weight excluding hydrogens is 276 g/mol. The molecule has 1 heterocycles. The molecule has 0 saturated heterocycles. The first-order valence-electron chi connectivity index (χ1n) is 7.99. The lowest BCUT2D eigenvalue weighted by atomic mass is 10.2. The Hall–Kier alpha value is -2.10. The average molecular weight is 300 g/mol. The molecule has 1 N–H and O–H groups in total. The first-order chi connectivity index (χ1) is 10.7. The van der Waals surface area contributed by atoms with Gasteiger partial charge in [-0.3, -0.25) is 4.79 Å². The van der Waals surface area contributed by atoms with Crippen molar-refractivity contribution < 1.29 is 9.21 Å². The molecule has 4 nitrogen and oxygen atoms in total. The van der Waals surface area contributed by atoms with Gasteiger partial charge < -0.3 is 9.73 Å². The van der Waals surface area contributed by atoms with Crippen molar-refractivity contribution in [1.82, 2.24) is 10.3 Å². The summed E-state index contributed by atoms with van der Waals surface area (Å²) in [5.41, 5.74) is 1.82. The molecular formula is C18H24N2O2. The van der Waals surface area contributed by atoms with Crippen molar-refractivity contribution >= 4 is 5.91 Å². The van der Waals surface area contributed by atoms with Gasteiger partial charge in [-0.2, -0.15) is 0 Å². The highest BCUT2D eigenvalue weighted by Crippen LogP contribution is 2.22. The zero-order valence-electron chi connectivity index (χ0n) is 13.4. The minimum atomic E-state index is 0.0831. The average Bonchev–Trinajstić information content (AvgIpc) is 2.91. The summed E-state index contributed by atoms with van der Waals surface area (Å²) in [5.74, 6) is 1.49. The van der Waals surface area contributed by atoms with Crippen LogP contribution in [0, 0.1) is 6.92 Å². The zero-order valence-corrected chi connectivity index (χ0v) is 13.4. The standard InChI is InChI=1S/C18H24N2O2/c1-3-4-8-13-19-17(21)12-11-16-14(2)22-18(20-16)15-9-6-5-7-10-15/h5-7,9-10H,3-4,8,11-13H2,1-2H3,(H,19,21). The van der Waals surface area contributed by atoms with E-state index in [0.717, 1.165) is 42.8 Å². The predicted octanol–water partition coefficient (Wildman–Crippen LogP) is 3.89. The van der Waals surface area contributed by atoms with Gasteiger partial charge in [-0.25, -0.2) is 4.98 Å². The van der Waals surface area contributed by atoms with E-state index in [-0.39, 0.29) is 5.91 Å². The molecule has 0 aliphatic carbocycles. The predicted molar refractivity (Wildman–Crippen MR) is 87.5 cm³/mol. The van der Waals surface area contributed by atoms with Gasteiger partial charge in [0.1, 0.15) is 5.76 Å². The van der Waals surface area contributed by atoms with Crippen LogP contribution < -0.4 is 5.32 Å². The summed E-state index contributed by atoms with van der Waals surface area (Å²) < 4.78 is 5.70. The van der Waals surface area contributed by atoms with Crippen LogP contribution in [-0.2, 0) is 11.2 Å². The Labute approximate surface area is 131 Å². The highest BCUT2D eigenvalue weighted by molar-refractivity contribution is 5.76. The second-order valence-electron chi connectivity index (χ2n) is 5.44. The number of aryl methyl sites for hydroxylation is 2. The molecule has 0 aliphatic heterocycles. The Morgan fingerprint density at radius 1 is 1.23 bits per heavy atom. The van der Waals surface area contributed by atoms with Gasteiger partial charge >= 0.3 is 0 Å². The normalized spacial score (nSPS) is 10.6. The van der Waals surface area contributed by atoms with Crippen molar-refractivity contribution in [1.29, 1.82) is 0 Å². The van der Waals surface area contributed by atoms with Crippen molar-refractivity contribution in [2.45, 2.75) is 46.0 Å². The van der Waals surface area contributed by atoms with E-state index in [1.807, 2.05) is 37.3 Å². The minimum Gasteiger partial charge on any atom is -0.441 e. The van der Waals surface area contributed by atoms with Gasteiger partial charge in [0.05, 0.1) is 5.69 Å². The van der Waals surface area contributed by atoms with Crippen molar-refractivity contribution in [3.05, 3.63) is 41.8 Å². The van der Waals surface area contributed by atoms with Gasteiger partial charge in [0.2, 0.25) is 11.8 Å². The lowest BCUT2D eigenvalue weighted by Gasteiger charge is -2.03. The Morgan fingerprint density at radius 3 is 2.73 bits per heavy atom. The van der Waals surface area contributed by atoms with Gasteiger partial charge in [0.15, 0.2) is 0 Å². The van der Waals surface area contributed by atoms with E-state index in [1.165, 1.54) is 0 Å². The summed E-state index contributed by atoms with van der Waals surface area (Å²) in [5, 5.41) is 2.95. The van der Waals surface area contributed by atoms with Crippen LogP contribution in [0.5, 0.6) is 0 Å². The number of hydrogen-bond acceptors (Lipinski definition) is 3. The molecule has 2 aromatic rings. The molecule has 1 aromatic carbocycles. The van der Waals surface area contributed by atoms with Crippen molar-refractivity contribution in [3.63, 3.8) is 0 Å². The third-order valence-corrected chi connectivity index (χ3v) is 3.60. The number of benzene rings is 1. The maximum atomic E-state index is 11.8. The second kappa shape index (κ2) is 8.37. The molecule has 118 valence electrons. The van der Waals surface area contributed by atoms with E-state index in [9.17, 15) is 4.79 Å². The van der Waals surface area contributed by atoms with Crippen LogP contribution in [0.2, 0.25) is 0 Å². The first-order valence-corrected chi connectivity index (χ1v) is 7.99. The Balaban J connectivity index is 1.86. The van der Waals surface area contributed by atoms with E-state index in [0.29, 0.717) is 18.7 Å². The molecule has 1 aromatic heterocycles. The second-order valence-corrected chi connectivity index (χ2v) is 5.44. The molecule has 0 atom stereocenters. The number of amides is 1. The molecule has 4 heteroatoms. The zero-order chi connectivity index (χ0) is 15.8. The lowest BCUT2D eigenvalue weighted by molar-refractivity contribution is -0.121. The van der Waals surface area contributed by atoms with Crippen molar-refractivity contribution in [2.24, 2.45) is 0 Å². The highest BCUT2D eigenvalue weighted by atomic mass is 16.4. The fourth-order valence-corrected chi connectivity index (χ4v) is 2.29. The molecule has 0 aliphatic rings. The van der Waals surface area contributed by atoms with Crippen LogP contribution in [-0.4, -0.2) is 17.4 Å². The van der Waals surface area contributed by atoms with Gasteiger partial charge in [0.25, 0.3) is 0 Å². The van der Waals surface area contributed by atoms with Crippen LogP contribution in [0.1, 0.15) is 44.1 Å². The number of nitrogens with one attached hydrogen (secondary N) is 1. The molecule has 0 fully saturated rings. The number of carbonyl (C=O) groups is 1. The summed E-state index contributed by atoms with van der Waals surface area (Å²) in [6.45, 7) is 4.81. The summed E-state index contributed by atoms with van der Waals surface area (Å²) in [4.78, 5) is 16.3. The van der Waals surface area contributed by atoms with Crippen LogP contribution in [0.15, 0.2) is 34.7 Å². The quantitative estimate of drug-likeness (QED) is 0.752. The Bertz CT molecular complexity index is 590. The molecule has 0 spiro atoms. The van der Waals surface area contributed by atoms with Gasteiger partial charge in [-0.1, -0.05) is 38.0 Å². The van der Waals surface area contributed by atoms with Gasteiger partial charge in [-0.05, 0) is 25.5 Å². The van der Waals surface area contributed by atoms with E-state index in [1.54, 1.807) is 0 Å². The summed E-state index contributed by atoms with van der Waals surface area (Å²) >= 11 is 0. The molecule has 2 rings (SSSR count). The van der Waals surface area contributed by atoms with Crippen molar-refractivity contribution in [2.75, 3.05) is 6.54 Å². The number of unbranched alkanes of at least 4 members (excludes halogenated alkanes) is 2. The van der Waals surface area contributed by atoms with Gasteiger partial charge in [-0.15, -0.1) is 0 Å². The smallest absolute Gasteiger partial charge is 0.226 e. The number of rotatable bonds is 8. The number of nitrogens with zero attached hydrogens (tertiary/aromatic N) is 1. The number of hydrogen-bond donors (Lipinski definition) is 1. The largest absolute Gasteiger partial charge is 0.441 e. The van der Waals surface area contributed by atoms with Crippen LogP contribution in [0.3, 0.4) is 0 Å². The maximum absolute atomic E-state index is 11.8. The SMILES string of the molecule is CCCCCNC(=O)CCc1nc(-c2ccccc2)oc1C. The van der Waals surface area contributed by atoms with E-state index in [4.69, 9.17) is 4.42 Å². The highest BCUT2D eigenvalue weighted by Gasteiger charge is 2.12. The number of carbonyl (C=O) groups excluding carboxylic acids is 1. The molecule has 1 amide bonds. The van der Waals surface area contributed by atoms with E-state index >= 15 is 0 Å². The fraction of sp³-hybridized carbons (Fsp3) is 0.444. The topological polar surface area (TPSA) is 55.1 Å². The lowest BCUT2D eigenvalue weighted by Crippen LogP contribution is -2.24. The minimum absolute atomic E-state index is 0.0831. The molecule has 0 bridgehead atoms. The Kier molecular flexibility index (Phi) is 6.19. The monoisotopic (exact) mass is 300 g/mol. The summed E-state index contributed by atoms with van der Waals surface area (Å²) in [6, 6.07) is 9.81. The van der Waals surface area contributed by atoms with E-state index in [2.05, 4.69) is 17.2 Å². The summed E-state index contributed by atoms with van der Waals surface area (Å²) in [6.07, 6.45) is 4.43. The third-order valence-electron chi connectivity index (χ3n) is 3.60.